The van der Waals surface area contributed by atoms with Crippen molar-refractivity contribution in [1.29, 1.82) is 0 Å². The van der Waals surface area contributed by atoms with E-state index in [1.807, 2.05) is 0 Å². The number of hydrogen-bond donors (Lipinski definition) is 2. The molecule has 19 heavy (non-hydrogen) atoms. The van der Waals surface area contributed by atoms with Crippen molar-refractivity contribution in [3.63, 3.8) is 0 Å². The van der Waals surface area contributed by atoms with E-state index in [1.165, 1.54) is 32.4 Å². The molecule has 2 fully saturated rings. The Balaban J connectivity index is 1.72. The van der Waals surface area contributed by atoms with Crippen LogP contribution in [0.4, 0.5) is 0 Å². The van der Waals surface area contributed by atoms with Gasteiger partial charge in [0.15, 0.2) is 0 Å². The van der Waals surface area contributed by atoms with Crippen molar-refractivity contribution in [3.8, 4) is 0 Å². The third-order valence-corrected chi connectivity index (χ3v) is 4.61. The lowest BCUT2D eigenvalue weighted by Crippen LogP contribution is -2.44. The van der Waals surface area contributed by atoms with Gasteiger partial charge in [0.25, 0.3) is 0 Å². The van der Waals surface area contributed by atoms with Crippen LogP contribution in [0.25, 0.3) is 0 Å². The molecule has 4 heteroatoms. The molecule has 1 heterocycles. The number of amides is 1. The summed E-state index contributed by atoms with van der Waals surface area (Å²) in [5.41, 5.74) is 5.74. The number of likely N-dealkylation sites (tertiary alicyclic amines) is 1. The average molecular weight is 267 g/mol. The molecule has 0 aromatic rings. The molecular formula is C15H29N3O. The molecule has 1 saturated heterocycles. The van der Waals surface area contributed by atoms with E-state index in [1.54, 1.807) is 0 Å². The van der Waals surface area contributed by atoms with Crippen LogP contribution in [0.2, 0.25) is 0 Å². The molecule has 110 valence electrons. The molecule has 1 saturated carbocycles. The van der Waals surface area contributed by atoms with Crippen molar-refractivity contribution in [2.24, 2.45) is 17.6 Å². The maximum atomic E-state index is 12.3. The van der Waals surface area contributed by atoms with Gasteiger partial charge in [-0.05, 0) is 64.6 Å². The normalized spacial score (nSPS) is 30.2. The van der Waals surface area contributed by atoms with E-state index < -0.39 is 0 Å². The van der Waals surface area contributed by atoms with Gasteiger partial charge in [-0.3, -0.25) is 4.79 Å². The Morgan fingerprint density at radius 1 is 1.32 bits per heavy atom. The number of carbonyl (C=O) groups is 1. The molecule has 0 radical (unpaired) electrons. The van der Waals surface area contributed by atoms with Crippen molar-refractivity contribution in [1.82, 2.24) is 10.2 Å². The fourth-order valence-corrected chi connectivity index (χ4v) is 3.50. The van der Waals surface area contributed by atoms with Gasteiger partial charge in [0.2, 0.25) is 5.91 Å². The zero-order valence-electron chi connectivity index (χ0n) is 12.2. The van der Waals surface area contributed by atoms with Gasteiger partial charge >= 0.3 is 0 Å². The third-order valence-electron chi connectivity index (χ3n) is 4.61. The van der Waals surface area contributed by atoms with Crippen LogP contribution in [-0.4, -0.2) is 43.0 Å². The highest BCUT2D eigenvalue weighted by Gasteiger charge is 2.27. The third kappa shape index (κ3) is 4.46. The largest absolute Gasteiger partial charge is 0.352 e. The van der Waals surface area contributed by atoms with Gasteiger partial charge in [-0.2, -0.15) is 0 Å². The quantitative estimate of drug-likeness (QED) is 0.790. The van der Waals surface area contributed by atoms with E-state index in [0.29, 0.717) is 5.92 Å². The zero-order chi connectivity index (χ0) is 13.7. The summed E-state index contributed by atoms with van der Waals surface area (Å²) >= 11 is 0. The summed E-state index contributed by atoms with van der Waals surface area (Å²) in [7, 11) is 0. The maximum Gasteiger partial charge on any atom is 0.223 e. The van der Waals surface area contributed by atoms with Crippen molar-refractivity contribution < 1.29 is 4.79 Å². The fourth-order valence-electron chi connectivity index (χ4n) is 3.50. The Morgan fingerprint density at radius 2 is 2.05 bits per heavy atom. The summed E-state index contributed by atoms with van der Waals surface area (Å²) in [4.78, 5) is 14.7. The van der Waals surface area contributed by atoms with E-state index in [2.05, 4.69) is 17.1 Å². The van der Waals surface area contributed by atoms with Crippen LogP contribution >= 0.6 is 0 Å². The van der Waals surface area contributed by atoms with Crippen LogP contribution in [0, 0.1) is 11.8 Å². The first-order chi connectivity index (χ1) is 9.19. The molecule has 3 unspecified atom stereocenters. The van der Waals surface area contributed by atoms with E-state index in [9.17, 15) is 4.79 Å². The summed E-state index contributed by atoms with van der Waals surface area (Å²) in [6.45, 7) is 6.24. The molecule has 1 aliphatic carbocycles. The van der Waals surface area contributed by atoms with E-state index in [-0.39, 0.29) is 17.9 Å². The molecule has 2 aliphatic rings. The Bertz CT molecular complexity index is 289. The molecule has 2 rings (SSSR count). The Labute approximate surface area is 117 Å². The average Bonchev–Trinajstić information content (AvgIpc) is 2.91. The molecule has 1 amide bonds. The molecule has 4 nitrogen and oxygen atoms in total. The Hall–Kier alpha value is -0.610. The number of rotatable bonds is 5. The first-order valence-electron chi connectivity index (χ1n) is 7.92. The van der Waals surface area contributed by atoms with Crippen LogP contribution < -0.4 is 11.1 Å². The van der Waals surface area contributed by atoms with Crippen molar-refractivity contribution in [3.05, 3.63) is 0 Å². The molecule has 3 N–H and O–H groups in total. The minimum absolute atomic E-state index is 0.198. The minimum Gasteiger partial charge on any atom is -0.352 e. The van der Waals surface area contributed by atoms with Gasteiger partial charge in [0.05, 0.1) is 0 Å². The monoisotopic (exact) mass is 267 g/mol. The lowest BCUT2D eigenvalue weighted by Gasteiger charge is -2.29. The lowest BCUT2D eigenvalue weighted by atomic mass is 9.81. The fraction of sp³-hybridized carbons (Fsp3) is 0.933. The Kier molecular flexibility index (Phi) is 5.64. The predicted molar refractivity (Wildman–Crippen MR) is 77.8 cm³/mol. The van der Waals surface area contributed by atoms with Gasteiger partial charge in [0, 0.05) is 18.5 Å². The minimum atomic E-state index is 0.198. The van der Waals surface area contributed by atoms with Gasteiger partial charge in [0.1, 0.15) is 0 Å². The number of hydrogen-bond acceptors (Lipinski definition) is 3. The van der Waals surface area contributed by atoms with Crippen molar-refractivity contribution in [2.75, 3.05) is 26.2 Å². The van der Waals surface area contributed by atoms with Gasteiger partial charge in [-0.15, -0.1) is 0 Å². The highest BCUT2D eigenvalue weighted by atomic mass is 16.1. The smallest absolute Gasteiger partial charge is 0.223 e. The summed E-state index contributed by atoms with van der Waals surface area (Å²) in [6, 6.07) is 0.267. The van der Waals surface area contributed by atoms with Crippen LogP contribution in [-0.2, 0) is 4.79 Å². The maximum absolute atomic E-state index is 12.3. The number of nitrogens with two attached hydrogens (primary N) is 1. The van der Waals surface area contributed by atoms with Crippen LogP contribution in [0.3, 0.4) is 0 Å². The summed E-state index contributed by atoms with van der Waals surface area (Å²) < 4.78 is 0. The highest BCUT2D eigenvalue weighted by Crippen LogP contribution is 2.28. The second kappa shape index (κ2) is 7.25. The van der Waals surface area contributed by atoms with Crippen molar-refractivity contribution >= 4 is 5.91 Å². The lowest BCUT2D eigenvalue weighted by molar-refractivity contribution is -0.127. The molecule has 3 atom stereocenters. The molecule has 0 aromatic carbocycles. The number of carbonyl (C=O) groups excluding carboxylic acids is 1. The van der Waals surface area contributed by atoms with E-state index in [4.69, 9.17) is 5.73 Å². The van der Waals surface area contributed by atoms with E-state index in [0.717, 1.165) is 32.4 Å². The van der Waals surface area contributed by atoms with Crippen molar-refractivity contribution in [2.45, 2.75) is 51.5 Å². The molecule has 0 spiro atoms. The first-order valence-corrected chi connectivity index (χ1v) is 7.92. The second-order valence-electron chi connectivity index (χ2n) is 6.38. The highest BCUT2D eigenvalue weighted by molar-refractivity contribution is 5.79. The summed E-state index contributed by atoms with van der Waals surface area (Å²) in [6.07, 6.45) is 6.99. The van der Waals surface area contributed by atoms with Gasteiger partial charge in [-0.25, -0.2) is 0 Å². The predicted octanol–water partition coefficient (Wildman–Crippen LogP) is 1.35. The molecule has 0 aromatic heterocycles. The molecular weight excluding hydrogens is 238 g/mol. The summed E-state index contributed by atoms with van der Waals surface area (Å²) in [5, 5.41) is 3.20. The topological polar surface area (TPSA) is 58.4 Å². The van der Waals surface area contributed by atoms with Crippen LogP contribution in [0.5, 0.6) is 0 Å². The summed E-state index contributed by atoms with van der Waals surface area (Å²) in [5.74, 6) is 1.01. The zero-order valence-corrected chi connectivity index (χ0v) is 12.2. The van der Waals surface area contributed by atoms with Crippen LogP contribution in [0.1, 0.15) is 45.4 Å². The SMILES string of the molecule is CC(CN1CCCC1)NC(=O)C1CCCC(CN)C1. The van der Waals surface area contributed by atoms with Gasteiger partial charge in [-0.1, -0.05) is 6.42 Å². The molecule has 1 aliphatic heterocycles. The van der Waals surface area contributed by atoms with Gasteiger partial charge < -0.3 is 16.0 Å². The standard InChI is InChI=1S/C15H29N3O/c1-12(11-18-7-2-3-8-18)17-15(19)14-6-4-5-13(9-14)10-16/h12-14H,2-11,16H2,1H3,(H,17,19). The molecule has 0 bridgehead atoms. The van der Waals surface area contributed by atoms with Crippen LogP contribution in [0.15, 0.2) is 0 Å². The number of nitrogens with one attached hydrogen (secondary N) is 1. The Morgan fingerprint density at radius 3 is 2.74 bits per heavy atom. The first kappa shape index (κ1) is 14.8. The number of nitrogens with zero attached hydrogens (tertiary/aromatic N) is 1. The second-order valence-corrected chi connectivity index (χ2v) is 6.38. The van der Waals surface area contributed by atoms with E-state index >= 15 is 0 Å².